The fourth-order valence-corrected chi connectivity index (χ4v) is 5.20. The largest absolute Gasteiger partial charge is 0.379 e. The number of benzene rings is 1. The lowest BCUT2D eigenvalue weighted by molar-refractivity contribution is -0.135. The minimum absolute atomic E-state index is 0.00254. The molecule has 3 atom stereocenters. The van der Waals surface area contributed by atoms with E-state index in [-0.39, 0.29) is 23.0 Å². The third-order valence-electron chi connectivity index (χ3n) is 5.43. The second-order valence-corrected chi connectivity index (χ2v) is 9.25. The van der Waals surface area contributed by atoms with Gasteiger partial charge in [0.05, 0.1) is 29.6 Å². The van der Waals surface area contributed by atoms with Crippen LogP contribution in [-0.2, 0) is 20.3 Å². The minimum Gasteiger partial charge on any atom is -0.379 e. The summed E-state index contributed by atoms with van der Waals surface area (Å²) in [6.07, 6.45) is 2.31. The highest BCUT2D eigenvalue weighted by molar-refractivity contribution is 7.85. The maximum atomic E-state index is 13.0. The second-order valence-electron chi connectivity index (χ2n) is 7.52. The summed E-state index contributed by atoms with van der Waals surface area (Å²) in [5.74, 6) is -0.315. The molecule has 1 amide bonds. The molecule has 144 valence electrons. The number of carbonyl (C=O) groups excluding carboxylic acids is 1. The van der Waals surface area contributed by atoms with Crippen molar-refractivity contribution in [3.8, 4) is 0 Å². The van der Waals surface area contributed by atoms with Crippen LogP contribution in [0.1, 0.15) is 33.1 Å². The molecule has 0 spiro atoms. The molecular weight excluding hydrogens is 355 g/mol. The van der Waals surface area contributed by atoms with Gasteiger partial charge < -0.3 is 10.1 Å². The Kier molecular flexibility index (Phi) is 6.10. The maximum Gasteiger partial charge on any atom is 0.240 e. The zero-order chi connectivity index (χ0) is 18.7. The van der Waals surface area contributed by atoms with E-state index in [1.807, 2.05) is 13.8 Å². The van der Waals surface area contributed by atoms with Crippen LogP contribution in [0.5, 0.6) is 0 Å². The van der Waals surface area contributed by atoms with Crippen LogP contribution in [0.15, 0.2) is 29.2 Å². The van der Waals surface area contributed by atoms with Crippen molar-refractivity contribution in [2.24, 2.45) is 0 Å². The molecule has 3 rings (SSSR count). The first-order valence-corrected chi connectivity index (χ1v) is 10.4. The summed E-state index contributed by atoms with van der Waals surface area (Å²) in [4.78, 5) is 15.6. The average molecular weight is 383 g/mol. The molecule has 1 aromatic rings. The fraction of sp³-hybridized carbons (Fsp3) is 0.632. The van der Waals surface area contributed by atoms with Crippen molar-refractivity contribution in [2.45, 2.75) is 54.8 Å². The van der Waals surface area contributed by atoms with Crippen molar-refractivity contribution in [3.63, 3.8) is 0 Å². The van der Waals surface area contributed by atoms with Crippen molar-refractivity contribution in [2.75, 3.05) is 26.3 Å². The summed E-state index contributed by atoms with van der Waals surface area (Å²) in [5.41, 5.74) is -0.585. The normalized spacial score (nSPS) is 25.8. The number of ether oxygens (including phenoxy) is 1. The number of rotatable bonds is 5. The van der Waals surface area contributed by atoms with E-state index in [1.54, 1.807) is 12.1 Å². The van der Waals surface area contributed by atoms with Gasteiger partial charge >= 0.3 is 0 Å². The first kappa shape index (κ1) is 19.5. The van der Waals surface area contributed by atoms with Gasteiger partial charge in [-0.2, -0.15) is 0 Å². The lowest BCUT2D eigenvalue weighted by Crippen LogP contribution is -2.59. The molecule has 5 nitrogen and oxygen atoms in total. The van der Waals surface area contributed by atoms with E-state index >= 15 is 0 Å². The topological polar surface area (TPSA) is 58.6 Å². The number of carbonyl (C=O) groups is 1. The van der Waals surface area contributed by atoms with Gasteiger partial charge in [-0.15, -0.1) is 0 Å². The molecule has 1 aromatic carbocycles. The third kappa shape index (κ3) is 4.32. The van der Waals surface area contributed by atoms with E-state index in [9.17, 15) is 13.4 Å². The van der Waals surface area contributed by atoms with Crippen LogP contribution in [0.3, 0.4) is 0 Å². The van der Waals surface area contributed by atoms with Gasteiger partial charge in [0.2, 0.25) is 5.91 Å². The molecule has 1 saturated carbocycles. The Labute approximate surface area is 156 Å². The van der Waals surface area contributed by atoms with Crippen molar-refractivity contribution in [1.82, 2.24) is 10.2 Å². The van der Waals surface area contributed by atoms with E-state index in [0.717, 1.165) is 25.9 Å². The van der Waals surface area contributed by atoms with E-state index in [0.29, 0.717) is 24.5 Å². The van der Waals surface area contributed by atoms with Crippen LogP contribution >= 0.6 is 0 Å². The van der Waals surface area contributed by atoms with Crippen LogP contribution in [0, 0.1) is 5.82 Å². The molecular formula is C19H27FN2O3S. The molecule has 3 unspecified atom stereocenters. The molecule has 2 aliphatic rings. The standard InChI is InChI=1S/C19H27FN2O3S/c1-19(2,22-9-11-25-12-10-22)18(23)21-15-5-8-17(13-15)26(24)16-6-3-14(20)4-7-16/h3-4,6-7,15,17H,5,8-13H2,1-2H3,(H,21,23). The lowest BCUT2D eigenvalue weighted by Gasteiger charge is -2.40. The molecule has 26 heavy (non-hydrogen) atoms. The lowest BCUT2D eigenvalue weighted by atomic mass is 10.00. The van der Waals surface area contributed by atoms with E-state index in [2.05, 4.69) is 10.2 Å². The Bertz CT molecular complexity index is 659. The number of hydrogen-bond donors (Lipinski definition) is 1. The molecule has 1 N–H and O–H groups in total. The summed E-state index contributed by atoms with van der Waals surface area (Å²) < 4.78 is 31.1. The van der Waals surface area contributed by atoms with Gasteiger partial charge in [0.15, 0.2) is 0 Å². The number of morpholine rings is 1. The summed E-state index contributed by atoms with van der Waals surface area (Å²) >= 11 is 0. The van der Waals surface area contributed by atoms with E-state index < -0.39 is 16.3 Å². The van der Waals surface area contributed by atoms with Gasteiger partial charge in [0.1, 0.15) is 5.82 Å². The highest BCUT2D eigenvalue weighted by Gasteiger charge is 2.38. The molecule has 7 heteroatoms. The second kappa shape index (κ2) is 8.15. The van der Waals surface area contributed by atoms with Crippen LogP contribution in [0.2, 0.25) is 0 Å². The Morgan fingerprint density at radius 3 is 2.54 bits per heavy atom. The molecule has 1 heterocycles. The highest BCUT2D eigenvalue weighted by atomic mass is 32.2. The van der Waals surface area contributed by atoms with Gasteiger partial charge in [0.25, 0.3) is 0 Å². The number of nitrogens with one attached hydrogen (secondary N) is 1. The molecule has 0 radical (unpaired) electrons. The molecule has 0 aromatic heterocycles. The Balaban J connectivity index is 1.56. The van der Waals surface area contributed by atoms with Crippen molar-refractivity contribution in [1.29, 1.82) is 0 Å². The molecule has 2 fully saturated rings. The number of hydrogen-bond acceptors (Lipinski definition) is 4. The molecule has 0 bridgehead atoms. The van der Waals surface area contributed by atoms with Crippen molar-refractivity contribution in [3.05, 3.63) is 30.1 Å². The first-order valence-electron chi connectivity index (χ1n) is 9.18. The van der Waals surface area contributed by atoms with Crippen molar-refractivity contribution >= 4 is 16.7 Å². The van der Waals surface area contributed by atoms with Gasteiger partial charge in [-0.25, -0.2) is 4.39 Å². The smallest absolute Gasteiger partial charge is 0.240 e. The predicted molar refractivity (Wildman–Crippen MR) is 98.8 cm³/mol. The highest BCUT2D eigenvalue weighted by Crippen LogP contribution is 2.28. The molecule has 1 aliphatic carbocycles. The summed E-state index contributed by atoms with van der Waals surface area (Å²) in [6.45, 7) is 6.69. The van der Waals surface area contributed by atoms with Crippen LogP contribution in [-0.4, -0.2) is 58.1 Å². The van der Waals surface area contributed by atoms with Crippen LogP contribution in [0.25, 0.3) is 0 Å². The number of nitrogens with zero attached hydrogens (tertiary/aromatic N) is 1. The Hall–Kier alpha value is -1.31. The number of amides is 1. The zero-order valence-corrected chi connectivity index (χ0v) is 16.2. The number of halogens is 1. The van der Waals surface area contributed by atoms with Crippen LogP contribution in [0.4, 0.5) is 4.39 Å². The third-order valence-corrected chi connectivity index (χ3v) is 7.20. The maximum absolute atomic E-state index is 13.0. The van der Waals surface area contributed by atoms with E-state index in [4.69, 9.17) is 4.74 Å². The molecule has 1 aliphatic heterocycles. The SMILES string of the molecule is CC(C)(C(=O)NC1CCC(S(=O)c2ccc(F)cc2)C1)N1CCOCC1. The Morgan fingerprint density at radius 2 is 1.88 bits per heavy atom. The van der Waals surface area contributed by atoms with Crippen molar-refractivity contribution < 1.29 is 18.1 Å². The van der Waals surface area contributed by atoms with E-state index in [1.165, 1.54) is 12.1 Å². The monoisotopic (exact) mass is 382 g/mol. The molecule has 1 saturated heterocycles. The summed E-state index contributed by atoms with van der Waals surface area (Å²) in [6, 6.07) is 5.88. The van der Waals surface area contributed by atoms with Gasteiger partial charge in [0, 0.05) is 29.3 Å². The first-order chi connectivity index (χ1) is 12.4. The summed E-state index contributed by atoms with van der Waals surface area (Å²) in [5, 5.41) is 3.14. The quantitative estimate of drug-likeness (QED) is 0.847. The van der Waals surface area contributed by atoms with Gasteiger partial charge in [-0.1, -0.05) is 0 Å². The minimum atomic E-state index is -1.17. The fourth-order valence-electron chi connectivity index (χ4n) is 3.65. The average Bonchev–Trinajstić information content (AvgIpc) is 3.11. The van der Waals surface area contributed by atoms with Crippen LogP contribution < -0.4 is 5.32 Å². The predicted octanol–water partition coefficient (Wildman–Crippen LogP) is 2.08. The summed E-state index contributed by atoms with van der Waals surface area (Å²) in [7, 11) is -1.17. The zero-order valence-electron chi connectivity index (χ0n) is 15.4. The van der Waals surface area contributed by atoms with Gasteiger partial charge in [-0.3, -0.25) is 13.9 Å². The van der Waals surface area contributed by atoms with Gasteiger partial charge in [-0.05, 0) is 57.4 Å². The Morgan fingerprint density at radius 1 is 1.23 bits per heavy atom.